The van der Waals surface area contributed by atoms with E-state index in [1.54, 1.807) is 36.4 Å². The lowest BCUT2D eigenvalue weighted by Crippen LogP contribution is -2.33. The summed E-state index contributed by atoms with van der Waals surface area (Å²) in [6, 6.07) is 10.4. The van der Waals surface area contributed by atoms with Crippen molar-refractivity contribution >= 4 is 80.3 Å². The zero-order valence-electron chi connectivity index (χ0n) is 29.1. The first-order chi connectivity index (χ1) is 26.3. The smallest absolute Gasteiger partial charge is 0.475 e. The van der Waals surface area contributed by atoms with Crippen LogP contribution in [0.15, 0.2) is 48.8 Å². The highest BCUT2D eigenvalue weighted by Gasteiger charge is 2.39. The highest BCUT2D eigenvalue weighted by Crippen LogP contribution is 2.26. The molecular formula is C34H36Cl2F6N6O8. The molecule has 306 valence electrons. The number of carboxylic acids is 2. The number of hydrogen-bond acceptors (Lipinski definition) is 8. The van der Waals surface area contributed by atoms with E-state index in [1.807, 2.05) is 0 Å². The number of H-pyrrole nitrogens is 2. The monoisotopic (exact) mass is 840 g/mol. The minimum atomic E-state index is -5.08. The van der Waals surface area contributed by atoms with Gasteiger partial charge in [-0.15, -0.1) is 0 Å². The number of rotatable bonds is 17. The van der Waals surface area contributed by atoms with Crippen LogP contribution in [0.5, 0.6) is 0 Å². The molecule has 14 nitrogen and oxygen atoms in total. The molecule has 4 aromatic rings. The van der Waals surface area contributed by atoms with Crippen molar-refractivity contribution in [1.29, 1.82) is 0 Å². The van der Waals surface area contributed by atoms with E-state index in [2.05, 4.69) is 31.2 Å². The van der Waals surface area contributed by atoms with Crippen LogP contribution in [0, 0.1) is 0 Å². The number of carbonyl (C=O) groups is 6. The molecule has 0 saturated heterocycles. The van der Waals surface area contributed by atoms with Gasteiger partial charge in [0.2, 0.25) is 0 Å². The van der Waals surface area contributed by atoms with Crippen LogP contribution in [-0.2, 0) is 19.2 Å². The second kappa shape index (κ2) is 22.4. The Morgan fingerprint density at radius 1 is 0.554 bits per heavy atom. The van der Waals surface area contributed by atoms with Crippen molar-refractivity contribution in [1.82, 2.24) is 31.2 Å². The van der Waals surface area contributed by atoms with Gasteiger partial charge in [0.25, 0.3) is 23.4 Å². The Morgan fingerprint density at radius 2 is 0.875 bits per heavy atom. The molecule has 0 spiro atoms. The highest BCUT2D eigenvalue weighted by molar-refractivity contribution is 6.46. The summed E-state index contributed by atoms with van der Waals surface area (Å²) in [5.74, 6) is -7.95. The number of nitrogens with one attached hydrogen (secondary N) is 6. The summed E-state index contributed by atoms with van der Waals surface area (Å²) in [5.41, 5.74) is 1.90. The summed E-state index contributed by atoms with van der Waals surface area (Å²) in [6.45, 7) is 3.97. The first-order valence-corrected chi connectivity index (χ1v) is 17.2. The molecule has 2 aromatic carbocycles. The maximum Gasteiger partial charge on any atom is 0.490 e. The van der Waals surface area contributed by atoms with Crippen molar-refractivity contribution in [3.8, 4) is 0 Å². The van der Waals surface area contributed by atoms with Crippen molar-refractivity contribution in [2.45, 2.75) is 38.0 Å². The van der Waals surface area contributed by atoms with Gasteiger partial charge >= 0.3 is 24.3 Å². The number of aliphatic carboxylic acids is 2. The molecule has 0 fully saturated rings. The minimum Gasteiger partial charge on any atom is -0.475 e. The fraction of sp³-hybridized carbons (Fsp3) is 0.353. The third kappa shape index (κ3) is 15.2. The van der Waals surface area contributed by atoms with Gasteiger partial charge in [-0.2, -0.15) is 26.3 Å². The van der Waals surface area contributed by atoms with Crippen LogP contribution in [0.4, 0.5) is 26.3 Å². The zero-order chi connectivity index (χ0) is 42.1. The second-order valence-corrected chi connectivity index (χ2v) is 12.2. The Labute approximate surface area is 323 Å². The SMILES string of the molecule is O=C(NCCCNCCCCNCCCNC(=O)C(=O)c1c[nH]c2c(Cl)cccc12)C(=O)c1c[nH]c2c(Cl)cccc12.O=C(O)C(F)(F)F.O=C(O)C(F)(F)F. The van der Waals surface area contributed by atoms with Crippen LogP contribution in [-0.4, -0.2) is 107 Å². The molecule has 56 heavy (non-hydrogen) atoms. The van der Waals surface area contributed by atoms with Crippen molar-refractivity contribution in [2.75, 3.05) is 39.3 Å². The maximum atomic E-state index is 12.5. The predicted octanol–water partition coefficient (Wildman–Crippen LogP) is 5.26. The van der Waals surface area contributed by atoms with Gasteiger partial charge in [0.15, 0.2) is 0 Å². The van der Waals surface area contributed by atoms with Crippen molar-refractivity contribution in [3.63, 3.8) is 0 Å². The molecule has 0 aliphatic carbocycles. The van der Waals surface area contributed by atoms with Crippen LogP contribution in [0.2, 0.25) is 10.0 Å². The summed E-state index contributed by atoms with van der Waals surface area (Å²) >= 11 is 12.2. The van der Waals surface area contributed by atoms with Gasteiger partial charge in [0, 0.05) is 36.3 Å². The molecule has 4 rings (SSSR count). The largest absolute Gasteiger partial charge is 0.490 e. The molecule has 2 heterocycles. The Balaban J connectivity index is 0.000000657. The average Bonchev–Trinajstić information content (AvgIpc) is 3.77. The Morgan fingerprint density at radius 3 is 1.20 bits per heavy atom. The molecule has 0 radical (unpaired) electrons. The highest BCUT2D eigenvalue weighted by atomic mass is 35.5. The molecule has 0 aliphatic rings. The van der Waals surface area contributed by atoms with E-state index in [0.29, 0.717) is 68.9 Å². The van der Waals surface area contributed by atoms with E-state index in [0.717, 1.165) is 39.0 Å². The number of halogens is 8. The van der Waals surface area contributed by atoms with Crippen LogP contribution in [0.3, 0.4) is 0 Å². The van der Waals surface area contributed by atoms with Crippen molar-refractivity contribution < 1.29 is 65.3 Å². The number of amides is 2. The fourth-order valence-electron chi connectivity index (χ4n) is 4.60. The van der Waals surface area contributed by atoms with Gasteiger partial charge in [0.1, 0.15) is 0 Å². The maximum absolute atomic E-state index is 12.5. The average molecular weight is 842 g/mol. The lowest BCUT2D eigenvalue weighted by molar-refractivity contribution is -0.193. The number of ketones is 2. The third-order valence-electron chi connectivity index (χ3n) is 7.30. The summed E-state index contributed by atoms with van der Waals surface area (Å²) < 4.78 is 63.5. The number of Topliss-reactive ketones (excluding diaryl/α,β-unsaturated/α-hetero) is 2. The van der Waals surface area contributed by atoms with Gasteiger partial charge in [0.05, 0.1) is 32.2 Å². The first kappa shape index (κ1) is 47.0. The minimum absolute atomic E-state index is 0.309. The molecular weight excluding hydrogens is 805 g/mol. The molecule has 8 N–H and O–H groups in total. The lowest BCUT2D eigenvalue weighted by Gasteiger charge is -2.08. The van der Waals surface area contributed by atoms with E-state index in [-0.39, 0.29) is 0 Å². The molecule has 0 bridgehead atoms. The van der Waals surface area contributed by atoms with Gasteiger partial charge < -0.3 is 41.4 Å². The van der Waals surface area contributed by atoms with Crippen LogP contribution >= 0.6 is 23.2 Å². The van der Waals surface area contributed by atoms with Crippen LogP contribution < -0.4 is 21.3 Å². The summed E-state index contributed by atoms with van der Waals surface area (Å²) in [4.78, 5) is 73.2. The molecule has 0 saturated carbocycles. The first-order valence-electron chi connectivity index (χ1n) is 16.4. The Bertz CT molecular complexity index is 1840. The number of aromatic amines is 2. The fourth-order valence-corrected chi connectivity index (χ4v) is 5.05. The van der Waals surface area contributed by atoms with Gasteiger partial charge in [-0.05, 0) is 64.0 Å². The van der Waals surface area contributed by atoms with Crippen molar-refractivity contribution in [3.05, 3.63) is 70.0 Å². The number of aromatic nitrogens is 2. The quantitative estimate of drug-likeness (QED) is 0.0298. The summed E-state index contributed by atoms with van der Waals surface area (Å²) in [7, 11) is 0. The van der Waals surface area contributed by atoms with E-state index in [1.165, 1.54) is 12.4 Å². The number of alkyl halides is 6. The number of carboxylic acid groups (broad SMARTS) is 2. The number of unbranched alkanes of at least 4 members (excludes halogenated alkanes) is 1. The van der Waals surface area contributed by atoms with Crippen LogP contribution in [0.25, 0.3) is 21.8 Å². The molecule has 2 amide bonds. The number of hydrogen-bond donors (Lipinski definition) is 8. The Kier molecular flexibility index (Phi) is 18.8. The summed E-state index contributed by atoms with van der Waals surface area (Å²) in [5, 5.41) is 28.5. The van der Waals surface area contributed by atoms with E-state index in [4.69, 9.17) is 43.0 Å². The van der Waals surface area contributed by atoms with E-state index >= 15 is 0 Å². The molecule has 0 aliphatic heterocycles. The molecule has 0 atom stereocenters. The van der Waals surface area contributed by atoms with Gasteiger partial charge in [-0.3, -0.25) is 19.2 Å². The normalized spacial score (nSPS) is 11.2. The second-order valence-electron chi connectivity index (χ2n) is 11.4. The van der Waals surface area contributed by atoms with E-state index in [9.17, 15) is 45.5 Å². The summed E-state index contributed by atoms with van der Waals surface area (Å²) in [6.07, 6.45) is -3.75. The van der Waals surface area contributed by atoms with Crippen molar-refractivity contribution in [2.24, 2.45) is 0 Å². The number of carbonyl (C=O) groups excluding carboxylic acids is 4. The number of fused-ring (bicyclic) bond motifs is 2. The number of benzene rings is 2. The van der Waals surface area contributed by atoms with E-state index < -0.39 is 47.7 Å². The van der Waals surface area contributed by atoms with Crippen LogP contribution in [0.1, 0.15) is 46.4 Å². The molecule has 22 heteroatoms. The molecule has 0 unspecified atom stereocenters. The topological polar surface area (TPSA) is 223 Å². The van der Waals surface area contributed by atoms with Gasteiger partial charge in [-0.1, -0.05) is 47.5 Å². The predicted molar refractivity (Wildman–Crippen MR) is 193 cm³/mol. The lowest BCUT2D eigenvalue weighted by atomic mass is 10.1. The zero-order valence-corrected chi connectivity index (χ0v) is 30.6. The number of para-hydroxylation sites is 2. The Hall–Kier alpha value is -5.18. The molecule has 2 aromatic heterocycles. The third-order valence-corrected chi connectivity index (χ3v) is 7.93. The standard InChI is InChI=1S/C30H34Cl2N6O4.2C2HF3O2/c31-23-9-3-7-19-21(17-37-25(19)23)27(39)29(41)35-15-5-13-33-11-1-2-12-34-14-6-16-36-30(42)28(40)22-18-38-26-20(22)8-4-10-24(26)32;2*3-2(4,5)1(6)7/h3-4,7-10,17-18,33-34,37-38H,1-2,5-6,11-16H2,(H,35,41)(H,36,42);2*(H,6,7). The van der Waals surface area contributed by atoms with Gasteiger partial charge in [-0.25, -0.2) is 9.59 Å².